The van der Waals surface area contributed by atoms with Gasteiger partial charge < -0.3 is 10.1 Å². The molecule has 0 aliphatic heterocycles. The minimum Gasteiger partial charge on any atom is -0.461 e. The van der Waals surface area contributed by atoms with E-state index in [1.54, 1.807) is 13.0 Å². The summed E-state index contributed by atoms with van der Waals surface area (Å²) in [6.45, 7) is 9.72. The van der Waals surface area contributed by atoms with Crippen LogP contribution in [0.2, 0.25) is 0 Å². The molecule has 2 heterocycles. The van der Waals surface area contributed by atoms with Crippen molar-refractivity contribution in [3.8, 4) is 0 Å². The Balaban J connectivity index is 1.95. The predicted molar refractivity (Wildman–Crippen MR) is 123 cm³/mol. The van der Waals surface area contributed by atoms with Gasteiger partial charge in [0.15, 0.2) is 0 Å². The van der Waals surface area contributed by atoms with Crippen molar-refractivity contribution in [1.29, 1.82) is 0 Å². The van der Waals surface area contributed by atoms with E-state index in [0.29, 0.717) is 39.4 Å². The first-order chi connectivity index (χ1) is 14.7. The molecule has 0 spiro atoms. The fraction of sp³-hybridized carbons (Fsp3) is 0.391. The van der Waals surface area contributed by atoms with Crippen LogP contribution in [0.25, 0.3) is 10.2 Å². The van der Waals surface area contributed by atoms with Crippen LogP contribution in [0.3, 0.4) is 0 Å². The summed E-state index contributed by atoms with van der Waals surface area (Å²) in [6.07, 6.45) is 1.80. The normalized spacial score (nSPS) is 12.2. The molecule has 1 amide bonds. The second-order valence-corrected chi connectivity index (χ2v) is 8.97. The molecule has 0 aliphatic rings. The molecular formula is C23H27N3O4S. The number of anilines is 1. The number of ether oxygens (including phenoxy) is 1. The number of benzene rings is 1. The zero-order valence-electron chi connectivity index (χ0n) is 18.4. The van der Waals surface area contributed by atoms with Crippen molar-refractivity contribution >= 4 is 39.1 Å². The number of carbonyl (C=O) groups is 2. The highest BCUT2D eigenvalue weighted by molar-refractivity contribution is 7.20. The molecule has 0 bridgehead atoms. The number of nitrogens with zero attached hydrogens (tertiary/aromatic N) is 2. The smallest absolute Gasteiger partial charge is 0.348 e. The molecule has 164 valence electrons. The van der Waals surface area contributed by atoms with Crippen molar-refractivity contribution in [3.05, 3.63) is 57.0 Å². The monoisotopic (exact) mass is 441 g/mol. The molecule has 3 aromatic rings. The number of nitrogens with one attached hydrogen (secondary N) is 1. The fourth-order valence-corrected chi connectivity index (χ4v) is 4.35. The summed E-state index contributed by atoms with van der Waals surface area (Å²) in [5.74, 6) is -0.531. The summed E-state index contributed by atoms with van der Waals surface area (Å²) in [6, 6.07) is 6.76. The fourth-order valence-electron chi connectivity index (χ4n) is 3.32. The summed E-state index contributed by atoms with van der Waals surface area (Å²) in [5.41, 5.74) is 1.90. The highest BCUT2D eigenvalue weighted by atomic mass is 32.1. The van der Waals surface area contributed by atoms with Crippen molar-refractivity contribution in [2.45, 2.75) is 47.1 Å². The average molecular weight is 442 g/mol. The van der Waals surface area contributed by atoms with Crippen LogP contribution in [0.1, 0.15) is 54.0 Å². The summed E-state index contributed by atoms with van der Waals surface area (Å²) >= 11 is 1.14. The minimum absolute atomic E-state index is 0.214. The lowest BCUT2D eigenvalue weighted by Crippen LogP contribution is -2.33. The van der Waals surface area contributed by atoms with Gasteiger partial charge in [0.2, 0.25) is 5.91 Å². The Bertz CT molecular complexity index is 1180. The zero-order chi connectivity index (χ0) is 22.7. The highest BCUT2D eigenvalue weighted by Gasteiger charge is 2.25. The van der Waals surface area contributed by atoms with E-state index in [9.17, 15) is 14.4 Å². The third kappa shape index (κ3) is 4.85. The van der Waals surface area contributed by atoms with Gasteiger partial charge >= 0.3 is 5.97 Å². The van der Waals surface area contributed by atoms with Gasteiger partial charge in [0.1, 0.15) is 15.7 Å². The number of aromatic nitrogens is 2. The molecule has 0 radical (unpaired) electrons. The van der Waals surface area contributed by atoms with E-state index in [0.717, 1.165) is 16.9 Å². The minimum atomic E-state index is -0.722. The SMILES string of the molecule is CCC(C(=O)Nc1cccc(C)c1)n1cnc2sc(C(=O)OCC(C)C)c(C)c2c1=O. The number of amides is 1. The maximum Gasteiger partial charge on any atom is 0.348 e. The van der Waals surface area contributed by atoms with Gasteiger partial charge in [-0.2, -0.15) is 0 Å². The van der Waals surface area contributed by atoms with Crippen LogP contribution in [0.15, 0.2) is 35.4 Å². The van der Waals surface area contributed by atoms with E-state index in [1.165, 1.54) is 10.9 Å². The lowest BCUT2D eigenvalue weighted by Gasteiger charge is -2.18. The average Bonchev–Trinajstić information content (AvgIpc) is 3.05. The standard InChI is InChI=1S/C23H27N3O4S/c1-6-17(20(27)25-16-9-7-8-14(4)10-16)26-12-24-21-18(22(26)28)15(5)19(31-21)23(29)30-11-13(2)3/h7-10,12-13,17H,6,11H2,1-5H3,(H,25,27). The largest absolute Gasteiger partial charge is 0.461 e. The van der Waals surface area contributed by atoms with Crippen LogP contribution < -0.4 is 10.9 Å². The highest BCUT2D eigenvalue weighted by Crippen LogP contribution is 2.28. The number of carbonyl (C=O) groups excluding carboxylic acids is 2. The van der Waals surface area contributed by atoms with E-state index >= 15 is 0 Å². The number of thiophene rings is 1. The molecule has 0 saturated carbocycles. The van der Waals surface area contributed by atoms with Gasteiger partial charge in [-0.1, -0.05) is 32.9 Å². The Morgan fingerprint density at radius 3 is 2.65 bits per heavy atom. The van der Waals surface area contributed by atoms with Gasteiger partial charge in [0, 0.05) is 5.69 Å². The lowest BCUT2D eigenvalue weighted by molar-refractivity contribution is -0.119. The second kappa shape index (κ2) is 9.43. The van der Waals surface area contributed by atoms with Crippen molar-refractivity contribution in [2.24, 2.45) is 5.92 Å². The Hall–Kier alpha value is -3.00. The Morgan fingerprint density at radius 2 is 2.00 bits per heavy atom. The second-order valence-electron chi connectivity index (χ2n) is 7.97. The van der Waals surface area contributed by atoms with Gasteiger partial charge in [0.25, 0.3) is 5.56 Å². The third-order valence-electron chi connectivity index (χ3n) is 4.92. The number of aryl methyl sites for hydroxylation is 2. The molecule has 1 aromatic carbocycles. The van der Waals surface area contributed by atoms with Crippen molar-refractivity contribution in [1.82, 2.24) is 9.55 Å². The molecule has 1 atom stereocenters. The Labute approximate surface area is 185 Å². The van der Waals surface area contributed by atoms with Gasteiger partial charge in [0.05, 0.1) is 18.3 Å². The molecule has 0 aliphatic carbocycles. The predicted octanol–water partition coefficient (Wildman–Crippen LogP) is 4.48. The quantitative estimate of drug-likeness (QED) is 0.546. The summed E-state index contributed by atoms with van der Waals surface area (Å²) in [5, 5.41) is 3.23. The van der Waals surface area contributed by atoms with Gasteiger partial charge in [-0.15, -0.1) is 11.3 Å². The number of esters is 1. The molecule has 3 rings (SSSR count). The van der Waals surface area contributed by atoms with E-state index in [2.05, 4.69) is 10.3 Å². The van der Waals surface area contributed by atoms with E-state index in [4.69, 9.17) is 4.74 Å². The van der Waals surface area contributed by atoms with E-state index in [1.807, 2.05) is 45.9 Å². The molecule has 8 heteroatoms. The van der Waals surface area contributed by atoms with Crippen LogP contribution in [0, 0.1) is 19.8 Å². The summed E-state index contributed by atoms with van der Waals surface area (Å²) < 4.78 is 6.67. The van der Waals surface area contributed by atoms with E-state index < -0.39 is 12.0 Å². The Morgan fingerprint density at radius 1 is 1.26 bits per heavy atom. The molecule has 31 heavy (non-hydrogen) atoms. The molecule has 0 fully saturated rings. The first-order valence-corrected chi connectivity index (χ1v) is 11.1. The topological polar surface area (TPSA) is 90.3 Å². The lowest BCUT2D eigenvalue weighted by atomic mass is 10.1. The summed E-state index contributed by atoms with van der Waals surface area (Å²) in [4.78, 5) is 43.8. The number of fused-ring (bicyclic) bond motifs is 1. The van der Waals surface area contributed by atoms with Crippen LogP contribution in [0.5, 0.6) is 0 Å². The van der Waals surface area contributed by atoms with E-state index in [-0.39, 0.29) is 17.4 Å². The summed E-state index contributed by atoms with van der Waals surface area (Å²) in [7, 11) is 0. The van der Waals surface area contributed by atoms with Crippen LogP contribution in [-0.2, 0) is 9.53 Å². The number of rotatable bonds is 7. The molecule has 1 unspecified atom stereocenters. The molecule has 1 N–H and O–H groups in total. The maximum absolute atomic E-state index is 13.3. The number of hydrogen-bond donors (Lipinski definition) is 1. The van der Waals surface area contributed by atoms with Gasteiger partial charge in [-0.3, -0.25) is 14.2 Å². The zero-order valence-corrected chi connectivity index (χ0v) is 19.2. The van der Waals surface area contributed by atoms with Crippen molar-refractivity contribution < 1.29 is 14.3 Å². The van der Waals surface area contributed by atoms with Crippen LogP contribution in [0.4, 0.5) is 5.69 Å². The number of hydrogen-bond acceptors (Lipinski definition) is 6. The van der Waals surface area contributed by atoms with Gasteiger partial charge in [-0.25, -0.2) is 9.78 Å². The third-order valence-corrected chi connectivity index (χ3v) is 6.10. The molecular weight excluding hydrogens is 414 g/mol. The Kier molecular flexibility index (Phi) is 6.90. The van der Waals surface area contributed by atoms with Crippen LogP contribution >= 0.6 is 11.3 Å². The molecule has 7 nitrogen and oxygen atoms in total. The first-order valence-electron chi connectivity index (χ1n) is 10.3. The van der Waals surface area contributed by atoms with Crippen molar-refractivity contribution in [2.75, 3.05) is 11.9 Å². The first kappa shape index (κ1) is 22.7. The molecule has 0 saturated heterocycles. The van der Waals surface area contributed by atoms with Gasteiger partial charge in [-0.05, 0) is 49.4 Å². The maximum atomic E-state index is 13.3. The van der Waals surface area contributed by atoms with Crippen molar-refractivity contribution in [3.63, 3.8) is 0 Å². The van der Waals surface area contributed by atoms with Crippen LogP contribution in [-0.4, -0.2) is 28.0 Å². The molecule has 2 aromatic heterocycles.